The zero-order valence-corrected chi connectivity index (χ0v) is 18.0. The molecule has 0 atom stereocenters. The number of halogens is 2. The molecule has 2 N–H and O–H groups in total. The van der Waals surface area contributed by atoms with Gasteiger partial charge in [0.05, 0.1) is 11.4 Å². The SMILES string of the molecule is O=C(COc1ccccc1/C=C1\C(=O)NC(=O)N(c2ccc(F)cc2)C1=O)Nc1ccccc1F. The fourth-order valence-electron chi connectivity index (χ4n) is 3.26. The van der Waals surface area contributed by atoms with Crippen LogP contribution in [0.1, 0.15) is 5.56 Å². The first-order valence-corrected chi connectivity index (χ1v) is 10.3. The van der Waals surface area contributed by atoms with Crippen molar-refractivity contribution in [2.75, 3.05) is 16.8 Å². The molecule has 0 bridgehead atoms. The van der Waals surface area contributed by atoms with E-state index in [0.29, 0.717) is 4.90 Å². The highest BCUT2D eigenvalue weighted by molar-refractivity contribution is 6.39. The average molecular weight is 477 g/mol. The van der Waals surface area contributed by atoms with Crippen LogP contribution < -0.4 is 20.3 Å². The summed E-state index contributed by atoms with van der Waals surface area (Å²) in [7, 11) is 0. The molecule has 0 radical (unpaired) electrons. The maximum Gasteiger partial charge on any atom is 0.335 e. The van der Waals surface area contributed by atoms with Gasteiger partial charge in [-0.25, -0.2) is 18.5 Å². The maximum atomic E-state index is 13.7. The largest absolute Gasteiger partial charge is 0.483 e. The number of rotatable bonds is 6. The van der Waals surface area contributed by atoms with Crippen LogP contribution in [-0.4, -0.2) is 30.4 Å². The number of nitrogens with one attached hydrogen (secondary N) is 2. The molecule has 5 amide bonds. The van der Waals surface area contributed by atoms with Crippen LogP contribution >= 0.6 is 0 Å². The molecule has 3 aromatic carbocycles. The van der Waals surface area contributed by atoms with E-state index in [2.05, 4.69) is 10.6 Å². The van der Waals surface area contributed by atoms with E-state index in [1.807, 2.05) is 0 Å². The number of imide groups is 2. The number of hydrogen-bond acceptors (Lipinski definition) is 5. The molecule has 1 saturated heterocycles. The van der Waals surface area contributed by atoms with Gasteiger partial charge in [-0.15, -0.1) is 0 Å². The maximum absolute atomic E-state index is 13.7. The Balaban J connectivity index is 1.55. The van der Waals surface area contributed by atoms with E-state index in [9.17, 15) is 28.0 Å². The number of anilines is 2. The van der Waals surface area contributed by atoms with Gasteiger partial charge in [0.1, 0.15) is 23.0 Å². The number of amides is 5. The Morgan fingerprint density at radius 1 is 0.943 bits per heavy atom. The van der Waals surface area contributed by atoms with E-state index < -0.39 is 42.0 Å². The molecule has 0 saturated carbocycles. The molecule has 10 heteroatoms. The number of hydrogen-bond donors (Lipinski definition) is 2. The van der Waals surface area contributed by atoms with Crippen molar-refractivity contribution in [2.24, 2.45) is 0 Å². The number of barbiturate groups is 1. The van der Waals surface area contributed by atoms with E-state index in [1.54, 1.807) is 18.2 Å². The molecule has 3 aromatic rings. The van der Waals surface area contributed by atoms with Gasteiger partial charge in [0.15, 0.2) is 6.61 Å². The first kappa shape index (κ1) is 23.3. The number of carbonyl (C=O) groups is 4. The fraction of sp³-hybridized carbons (Fsp3) is 0.0400. The van der Waals surface area contributed by atoms with Crippen molar-refractivity contribution in [2.45, 2.75) is 0 Å². The first-order valence-electron chi connectivity index (χ1n) is 10.3. The van der Waals surface area contributed by atoms with E-state index in [1.165, 1.54) is 48.5 Å². The normalized spacial score (nSPS) is 14.6. The van der Waals surface area contributed by atoms with Gasteiger partial charge in [0.25, 0.3) is 17.7 Å². The first-order chi connectivity index (χ1) is 16.8. The standard InChI is InChI=1S/C25H17F2N3O5/c26-16-9-11-17(12-10-16)30-24(33)18(23(32)29-25(30)34)13-15-5-1-4-8-21(15)35-14-22(31)28-20-7-3-2-6-19(20)27/h1-13H,14H2,(H,28,31)(H,29,32,34)/b18-13+. The topological polar surface area (TPSA) is 105 Å². The molecule has 1 aliphatic rings. The van der Waals surface area contributed by atoms with Gasteiger partial charge in [0, 0.05) is 5.56 Å². The van der Waals surface area contributed by atoms with Crippen molar-refractivity contribution < 1.29 is 32.7 Å². The Labute approximate surface area is 197 Å². The third kappa shape index (κ3) is 5.22. The summed E-state index contributed by atoms with van der Waals surface area (Å²) in [5, 5.41) is 4.46. The number of para-hydroxylation sites is 2. The molecule has 35 heavy (non-hydrogen) atoms. The van der Waals surface area contributed by atoms with Crippen LogP contribution in [-0.2, 0) is 14.4 Å². The Morgan fingerprint density at radius 3 is 2.37 bits per heavy atom. The quantitative estimate of drug-likeness (QED) is 0.417. The highest BCUT2D eigenvalue weighted by Gasteiger charge is 2.37. The summed E-state index contributed by atoms with van der Waals surface area (Å²) in [6, 6.07) is 15.6. The molecule has 4 rings (SSSR count). The Kier molecular flexibility index (Phi) is 6.63. The second-order valence-electron chi connectivity index (χ2n) is 7.29. The lowest BCUT2D eigenvalue weighted by molar-refractivity contribution is -0.122. The predicted molar refractivity (Wildman–Crippen MR) is 122 cm³/mol. The van der Waals surface area contributed by atoms with Crippen LogP contribution in [0, 0.1) is 11.6 Å². The van der Waals surface area contributed by atoms with Crippen molar-refractivity contribution in [1.29, 1.82) is 0 Å². The second-order valence-corrected chi connectivity index (χ2v) is 7.29. The van der Waals surface area contributed by atoms with Crippen molar-refractivity contribution in [3.05, 3.63) is 95.6 Å². The third-order valence-electron chi connectivity index (χ3n) is 4.91. The van der Waals surface area contributed by atoms with Crippen LogP contribution in [0.5, 0.6) is 5.75 Å². The van der Waals surface area contributed by atoms with E-state index in [-0.39, 0.29) is 28.3 Å². The van der Waals surface area contributed by atoms with Gasteiger partial charge in [0.2, 0.25) is 0 Å². The van der Waals surface area contributed by atoms with Gasteiger partial charge in [-0.05, 0) is 48.5 Å². The van der Waals surface area contributed by atoms with Crippen LogP contribution in [0.3, 0.4) is 0 Å². The number of ether oxygens (including phenoxy) is 1. The zero-order chi connectivity index (χ0) is 24.9. The average Bonchev–Trinajstić information content (AvgIpc) is 2.83. The van der Waals surface area contributed by atoms with E-state index in [0.717, 1.165) is 12.1 Å². The van der Waals surface area contributed by atoms with Crippen LogP contribution in [0.25, 0.3) is 6.08 Å². The third-order valence-corrected chi connectivity index (χ3v) is 4.91. The van der Waals surface area contributed by atoms with E-state index in [4.69, 9.17) is 4.74 Å². The van der Waals surface area contributed by atoms with Crippen LogP contribution in [0.2, 0.25) is 0 Å². The van der Waals surface area contributed by atoms with Crippen molar-refractivity contribution >= 4 is 41.2 Å². The van der Waals surface area contributed by atoms with Gasteiger partial charge in [-0.3, -0.25) is 19.7 Å². The minimum Gasteiger partial charge on any atom is -0.483 e. The Bertz CT molecular complexity index is 1360. The molecule has 1 heterocycles. The minimum atomic E-state index is -0.974. The highest BCUT2D eigenvalue weighted by atomic mass is 19.1. The van der Waals surface area contributed by atoms with Gasteiger partial charge in [-0.2, -0.15) is 0 Å². The van der Waals surface area contributed by atoms with Crippen molar-refractivity contribution in [3.8, 4) is 5.75 Å². The summed E-state index contributed by atoms with van der Waals surface area (Å²) in [4.78, 5) is 50.6. The molecule has 0 aliphatic carbocycles. The smallest absolute Gasteiger partial charge is 0.335 e. The summed E-state index contributed by atoms with van der Waals surface area (Å²) in [6.45, 7) is -0.477. The minimum absolute atomic E-state index is 0.00784. The Hall–Kier alpha value is -4.86. The van der Waals surface area contributed by atoms with Crippen molar-refractivity contribution in [1.82, 2.24) is 5.32 Å². The summed E-state index contributed by atoms with van der Waals surface area (Å²) in [5.41, 5.74) is -0.0351. The number of nitrogens with zero attached hydrogens (tertiary/aromatic N) is 1. The lowest BCUT2D eigenvalue weighted by Crippen LogP contribution is -2.54. The summed E-state index contributed by atoms with van der Waals surface area (Å²) >= 11 is 0. The summed E-state index contributed by atoms with van der Waals surface area (Å²) in [6.07, 6.45) is 1.21. The number of urea groups is 1. The summed E-state index contributed by atoms with van der Waals surface area (Å²) in [5.74, 6) is -3.47. The van der Waals surface area contributed by atoms with E-state index >= 15 is 0 Å². The van der Waals surface area contributed by atoms with Crippen LogP contribution in [0.4, 0.5) is 25.0 Å². The molecule has 1 aliphatic heterocycles. The fourth-order valence-corrected chi connectivity index (χ4v) is 3.26. The summed E-state index contributed by atoms with van der Waals surface area (Å²) < 4.78 is 32.5. The molecule has 0 spiro atoms. The van der Waals surface area contributed by atoms with Crippen molar-refractivity contribution in [3.63, 3.8) is 0 Å². The second kappa shape index (κ2) is 9.96. The lowest BCUT2D eigenvalue weighted by atomic mass is 10.1. The lowest BCUT2D eigenvalue weighted by Gasteiger charge is -2.26. The molecule has 0 unspecified atom stereocenters. The number of carbonyl (C=O) groups excluding carboxylic acids is 4. The molecule has 176 valence electrons. The molecular formula is C25H17F2N3O5. The van der Waals surface area contributed by atoms with Gasteiger partial charge >= 0.3 is 6.03 Å². The molecule has 0 aromatic heterocycles. The predicted octanol–water partition coefficient (Wildman–Crippen LogP) is 3.65. The molecule has 8 nitrogen and oxygen atoms in total. The highest BCUT2D eigenvalue weighted by Crippen LogP contribution is 2.25. The number of benzene rings is 3. The monoisotopic (exact) mass is 477 g/mol. The molecule has 1 fully saturated rings. The van der Waals surface area contributed by atoms with Gasteiger partial charge < -0.3 is 10.1 Å². The van der Waals surface area contributed by atoms with Gasteiger partial charge in [-0.1, -0.05) is 30.3 Å². The Morgan fingerprint density at radius 2 is 1.63 bits per heavy atom. The molecular weight excluding hydrogens is 460 g/mol. The van der Waals surface area contributed by atoms with Crippen LogP contribution in [0.15, 0.2) is 78.4 Å². The zero-order valence-electron chi connectivity index (χ0n) is 18.0.